The Morgan fingerprint density at radius 1 is 0.352 bits per heavy atom. The molecule has 0 bridgehead atoms. The summed E-state index contributed by atoms with van der Waals surface area (Å²) in [7, 11) is 0. The molecule has 0 saturated carbocycles. The van der Waals surface area contributed by atoms with Crippen LogP contribution in [0, 0.1) is 0 Å². The Morgan fingerprint density at radius 2 is 0.887 bits per heavy atom. The lowest BCUT2D eigenvalue weighted by Gasteiger charge is -2.46. The van der Waals surface area contributed by atoms with Gasteiger partial charge in [-0.1, -0.05) is 188 Å². The quantitative estimate of drug-likeness (QED) is 0.142. The summed E-state index contributed by atoms with van der Waals surface area (Å²) in [6.45, 7) is -0.248. The van der Waals surface area contributed by atoms with E-state index in [0.29, 0.717) is 0 Å². The third kappa shape index (κ3) is 6.77. The molecule has 14 rings (SSSR count). The molecule has 0 amide bonds. The lowest BCUT2D eigenvalue weighted by Crippen LogP contribution is -2.61. The van der Waals surface area contributed by atoms with Gasteiger partial charge in [0.25, 0.3) is 0 Å². The van der Waals surface area contributed by atoms with Crippen LogP contribution in [0.25, 0.3) is 66.4 Å². The van der Waals surface area contributed by atoms with Gasteiger partial charge in [0.15, 0.2) is 0 Å². The molecule has 0 atom stereocenters. The van der Waals surface area contributed by atoms with Crippen LogP contribution in [-0.2, 0) is 0 Å². The summed E-state index contributed by atoms with van der Waals surface area (Å²) in [4.78, 5) is 7.49. The summed E-state index contributed by atoms with van der Waals surface area (Å²) in [6.07, 6.45) is 0. The van der Waals surface area contributed by atoms with Crippen LogP contribution in [0.5, 0.6) is 0 Å². The van der Waals surface area contributed by atoms with E-state index in [0.717, 1.165) is 89.7 Å². The van der Waals surface area contributed by atoms with Gasteiger partial charge >= 0.3 is 6.85 Å². The topological polar surface area (TPSA) is 22.9 Å². The Hall–Kier alpha value is -9.32. The van der Waals surface area contributed by atoms with Crippen LogP contribution in [0.2, 0.25) is 0 Å². The molecule has 5 heteroatoms. The number of rotatable bonds is 8. The minimum absolute atomic E-state index is 0.248. The van der Waals surface area contributed by atoms with Crippen LogP contribution in [0.1, 0.15) is 0 Å². The molecule has 12 aromatic rings. The first-order chi connectivity index (χ1) is 35.2. The van der Waals surface area contributed by atoms with Gasteiger partial charge < -0.3 is 19.0 Å². The largest absolute Gasteiger partial charge is 0.456 e. The van der Waals surface area contributed by atoms with Crippen molar-refractivity contribution in [2.24, 2.45) is 0 Å². The summed E-state index contributed by atoms with van der Waals surface area (Å²) in [6, 6.07) is 96.8. The van der Waals surface area contributed by atoms with Crippen molar-refractivity contribution in [3.05, 3.63) is 267 Å². The van der Waals surface area contributed by atoms with Gasteiger partial charge in [0.05, 0.1) is 0 Å². The van der Waals surface area contributed by atoms with E-state index >= 15 is 0 Å². The lowest BCUT2D eigenvalue weighted by molar-refractivity contribution is 0.669. The van der Waals surface area contributed by atoms with E-state index in [2.05, 4.69) is 282 Å². The van der Waals surface area contributed by atoms with E-state index in [1.165, 1.54) is 33.2 Å². The van der Waals surface area contributed by atoms with Gasteiger partial charge in [-0.15, -0.1) is 0 Å². The van der Waals surface area contributed by atoms with E-state index in [1.807, 2.05) is 0 Å². The molecule has 1 aromatic heterocycles. The smallest absolute Gasteiger partial charge is 0.333 e. The summed E-state index contributed by atoms with van der Waals surface area (Å²) in [5, 5.41) is 2.23. The second kappa shape index (κ2) is 16.7. The van der Waals surface area contributed by atoms with Gasteiger partial charge in [0.1, 0.15) is 11.2 Å². The number of benzene rings is 11. The first kappa shape index (κ1) is 40.7. The van der Waals surface area contributed by atoms with Crippen molar-refractivity contribution >= 4 is 85.2 Å². The maximum absolute atomic E-state index is 7.00. The zero-order valence-corrected chi connectivity index (χ0v) is 38.7. The minimum atomic E-state index is -0.248. The number of anilines is 8. The van der Waals surface area contributed by atoms with E-state index in [9.17, 15) is 0 Å². The standard InChI is InChI=1S/C66H44BN3O/c1-6-20-45(21-7-1)48-26-18-32-53(40-48)69-60-42-50(47-24-10-3-11-25-47)36-39-58(60)67-66-61(69)44-63-64(57-34-16-17-35-62(57)71-63)65(66)56-38-37-54(68(51-28-12-4-13-29-51)52-30-14-5-15-31-52)43-59(56)70(67)55-33-19-27-49(41-55)46-22-8-2-9-23-46/h1-44H. The first-order valence-corrected chi connectivity index (χ1v) is 24.4. The Morgan fingerprint density at radius 3 is 1.52 bits per heavy atom. The average molecular weight is 906 g/mol. The van der Waals surface area contributed by atoms with Crippen LogP contribution in [-0.4, -0.2) is 6.85 Å². The van der Waals surface area contributed by atoms with Crippen molar-refractivity contribution in [3.8, 4) is 44.5 Å². The van der Waals surface area contributed by atoms with E-state index in [4.69, 9.17) is 4.42 Å². The SMILES string of the molecule is c1ccc(-c2cccc(N3B4c5ccc(-c6ccccc6)cc5N(c5cccc(-c6ccccc6)c5)c5cc6oc7ccccc7c6c(c54)-c4ccc(N(c5ccccc5)c5ccccc5)cc43)c2)cc1. The maximum atomic E-state index is 7.00. The van der Waals surface area contributed by atoms with Crippen LogP contribution in [0.4, 0.5) is 45.5 Å². The molecule has 0 fully saturated rings. The summed E-state index contributed by atoms with van der Waals surface area (Å²) in [5.74, 6) is 0. The third-order valence-electron chi connectivity index (χ3n) is 14.4. The minimum Gasteiger partial charge on any atom is -0.456 e. The van der Waals surface area contributed by atoms with Crippen molar-refractivity contribution < 1.29 is 4.42 Å². The van der Waals surface area contributed by atoms with Crippen molar-refractivity contribution in [1.82, 2.24) is 0 Å². The molecule has 0 radical (unpaired) electrons. The van der Waals surface area contributed by atoms with Crippen molar-refractivity contribution in [3.63, 3.8) is 0 Å². The monoisotopic (exact) mass is 905 g/mol. The van der Waals surface area contributed by atoms with Crippen LogP contribution in [0.15, 0.2) is 271 Å². The molecule has 0 saturated heterocycles. The highest BCUT2D eigenvalue weighted by atomic mass is 16.3. The molecule has 2 aliphatic rings. The summed E-state index contributed by atoms with van der Waals surface area (Å²) >= 11 is 0. The molecular weight excluding hydrogens is 862 g/mol. The van der Waals surface area contributed by atoms with Gasteiger partial charge in [-0.05, 0) is 123 Å². The van der Waals surface area contributed by atoms with E-state index in [-0.39, 0.29) is 6.85 Å². The van der Waals surface area contributed by atoms with Crippen LogP contribution >= 0.6 is 0 Å². The highest BCUT2D eigenvalue weighted by Crippen LogP contribution is 2.53. The molecule has 332 valence electrons. The number of hydrogen-bond acceptors (Lipinski definition) is 4. The number of furan rings is 1. The molecule has 2 aliphatic heterocycles. The van der Waals surface area contributed by atoms with Gasteiger partial charge in [0, 0.05) is 67.9 Å². The van der Waals surface area contributed by atoms with Gasteiger partial charge in [-0.3, -0.25) is 0 Å². The normalized spacial score (nSPS) is 12.4. The number of hydrogen-bond donors (Lipinski definition) is 0. The van der Waals surface area contributed by atoms with Crippen molar-refractivity contribution in [1.29, 1.82) is 0 Å². The predicted molar refractivity (Wildman–Crippen MR) is 298 cm³/mol. The van der Waals surface area contributed by atoms with E-state index in [1.54, 1.807) is 0 Å². The summed E-state index contributed by atoms with van der Waals surface area (Å²) < 4.78 is 7.00. The Bertz CT molecular complexity index is 3910. The number of fused-ring (bicyclic) bond motifs is 8. The number of nitrogens with zero attached hydrogens (tertiary/aromatic N) is 3. The fourth-order valence-electron chi connectivity index (χ4n) is 11.3. The fraction of sp³-hybridized carbons (Fsp3) is 0. The Balaban J connectivity index is 1.11. The molecular formula is C66H44BN3O. The Kier molecular flexibility index (Phi) is 9.59. The molecule has 4 nitrogen and oxygen atoms in total. The first-order valence-electron chi connectivity index (χ1n) is 24.4. The predicted octanol–water partition coefficient (Wildman–Crippen LogP) is 16.8. The van der Waals surface area contributed by atoms with Crippen LogP contribution in [0.3, 0.4) is 0 Å². The molecule has 3 heterocycles. The zero-order chi connectivity index (χ0) is 46.8. The number of para-hydroxylation sites is 3. The molecule has 0 aliphatic carbocycles. The molecule has 0 N–H and O–H groups in total. The molecule has 0 spiro atoms. The summed E-state index contributed by atoms with van der Waals surface area (Å²) in [5.41, 5.74) is 22.2. The second-order valence-corrected chi connectivity index (χ2v) is 18.4. The van der Waals surface area contributed by atoms with Crippen LogP contribution < -0.4 is 25.5 Å². The fourth-order valence-corrected chi connectivity index (χ4v) is 11.3. The highest BCUT2D eigenvalue weighted by molar-refractivity contribution is 6.94. The third-order valence-corrected chi connectivity index (χ3v) is 14.4. The average Bonchev–Trinajstić information content (AvgIpc) is 3.82. The second-order valence-electron chi connectivity index (χ2n) is 18.4. The van der Waals surface area contributed by atoms with Gasteiger partial charge in [-0.25, -0.2) is 0 Å². The lowest BCUT2D eigenvalue weighted by atomic mass is 9.43. The molecule has 0 unspecified atom stereocenters. The maximum Gasteiger partial charge on any atom is 0.333 e. The van der Waals surface area contributed by atoms with Gasteiger partial charge in [-0.2, -0.15) is 0 Å². The van der Waals surface area contributed by atoms with Crippen molar-refractivity contribution in [2.75, 3.05) is 14.6 Å². The highest BCUT2D eigenvalue weighted by Gasteiger charge is 2.47. The van der Waals surface area contributed by atoms with Crippen molar-refractivity contribution in [2.45, 2.75) is 0 Å². The zero-order valence-electron chi connectivity index (χ0n) is 38.7. The molecule has 71 heavy (non-hydrogen) atoms. The van der Waals surface area contributed by atoms with Gasteiger partial charge in [0.2, 0.25) is 0 Å². The Labute approximate surface area is 413 Å². The molecule has 11 aromatic carbocycles. The van der Waals surface area contributed by atoms with E-state index < -0.39 is 0 Å².